The molecule has 2 aromatic rings. The summed E-state index contributed by atoms with van der Waals surface area (Å²) >= 11 is 7.85. The topological polar surface area (TPSA) is 15.3 Å². The van der Waals surface area contributed by atoms with Crippen LogP contribution in [0.25, 0.3) is 0 Å². The number of nitrogens with zero attached hydrogens (tertiary/aromatic N) is 1. The van der Waals surface area contributed by atoms with Gasteiger partial charge in [0.2, 0.25) is 0 Å². The Bertz CT molecular complexity index is 688. The van der Waals surface area contributed by atoms with Crippen molar-refractivity contribution in [2.75, 3.05) is 26.2 Å². The van der Waals surface area contributed by atoms with Crippen LogP contribution in [0.2, 0.25) is 5.02 Å². The zero-order valence-electron chi connectivity index (χ0n) is 15.3. The van der Waals surface area contributed by atoms with Crippen LogP contribution in [0.4, 0.5) is 0 Å². The van der Waals surface area contributed by atoms with E-state index in [9.17, 15) is 0 Å². The van der Waals surface area contributed by atoms with E-state index in [0.29, 0.717) is 6.04 Å². The van der Waals surface area contributed by atoms with E-state index in [1.807, 2.05) is 30.0 Å². The van der Waals surface area contributed by atoms with Gasteiger partial charge >= 0.3 is 0 Å². The highest BCUT2D eigenvalue weighted by molar-refractivity contribution is 7.99. The maximum absolute atomic E-state index is 6.02. The number of allylic oxidation sites excluding steroid dienone is 1. The first-order valence-corrected chi connectivity index (χ1v) is 10.1. The van der Waals surface area contributed by atoms with Crippen molar-refractivity contribution in [1.29, 1.82) is 0 Å². The Kier molecular flexibility index (Phi) is 11.5. The van der Waals surface area contributed by atoms with Crippen molar-refractivity contribution >= 4 is 48.2 Å². The molecule has 3 rings (SSSR count). The maximum Gasteiger partial charge on any atom is 0.0406 e. The molecule has 2 nitrogen and oxygen atoms in total. The van der Waals surface area contributed by atoms with Crippen LogP contribution in [0, 0.1) is 0 Å². The lowest BCUT2D eigenvalue weighted by Gasteiger charge is -2.36. The lowest BCUT2D eigenvalue weighted by Crippen LogP contribution is -2.45. The summed E-state index contributed by atoms with van der Waals surface area (Å²) in [6.45, 7) is 8.25. The van der Waals surface area contributed by atoms with Crippen molar-refractivity contribution in [1.82, 2.24) is 10.2 Å². The highest BCUT2D eigenvalue weighted by Gasteiger charge is 2.23. The van der Waals surface area contributed by atoms with Crippen LogP contribution in [0.1, 0.15) is 24.4 Å². The summed E-state index contributed by atoms with van der Waals surface area (Å²) in [5, 5.41) is 4.24. The molecule has 1 aliphatic heterocycles. The molecule has 27 heavy (non-hydrogen) atoms. The highest BCUT2D eigenvalue weighted by Crippen LogP contribution is 2.37. The second kappa shape index (κ2) is 12.7. The summed E-state index contributed by atoms with van der Waals surface area (Å²) in [6, 6.07) is 17.3. The molecule has 2 aromatic carbocycles. The molecule has 0 unspecified atom stereocenters. The zero-order valence-corrected chi connectivity index (χ0v) is 18.5. The lowest BCUT2D eigenvalue weighted by molar-refractivity contribution is 0.164. The maximum atomic E-state index is 6.02. The monoisotopic (exact) mass is 444 g/mol. The first-order valence-electron chi connectivity index (χ1n) is 8.86. The summed E-state index contributed by atoms with van der Waals surface area (Å²) in [6.07, 6.45) is 4.18. The van der Waals surface area contributed by atoms with Crippen LogP contribution in [0.15, 0.2) is 71.0 Å². The third-order valence-electron chi connectivity index (χ3n) is 4.56. The number of nitrogens with one attached hydrogen (secondary N) is 1. The molecule has 0 saturated carbocycles. The molecule has 6 heteroatoms. The minimum absolute atomic E-state index is 0. The predicted molar refractivity (Wildman–Crippen MR) is 123 cm³/mol. The van der Waals surface area contributed by atoms with E-state index in [1.165, 1.54) is 15.4 Å². The van der Waals surface area contributed by atoms with Crippen LogP contribution in [-0.2, 0) is 0 Å². The number of hydrogen-bond acceptors (Lipinski definition) is 3. The average molecular weight is 446 g/mol. The van der Waals surface area contributed by atoms with Gasteiger partial charge in [0.25, 0.3) is 0 Å². The van der Waals surface area contributed by atoms with Gasteiger partial charge in [-0.25, -0.2) is 0 Å². The first kappa shape index (κ1) is 24.4. The number of rotatable bonds is 7. The summed E-state index contributed by atoms with van der Waals surface area (Å²) in [4.78, 5) is 5.17. The Morgan fingerprint density at radius 1 is 1.07 bits per heavy atom. The van der Waals surface area contributed by atoms with Gasteiger partial charge in [0.15, 0.2) is 0 Å². The molecule has 1 heterocycles. The summed E-state index contributed by atoms with van der Waals surface area (Å²) in [5.41, 5.74) is 1.42. The van der Waals surface area contributed by atoms with Crippen LogP contribution in [0.5, 0.6) is 0 Å². The Morgan fingerprint density at radius 3 is 2.41 bits per heavy atom. The summed E-state index contributed by atoms with van der Waals surface area (Å²) in [7, 11) is 0. The van der Waals surface area contributed by atoms with Gasteiger partial charge in [-0.1, -0.05) is 47.6 Å². The SMILES string of the molecule is C=CCC[C@@H](c1ccccc1Sc1ccc(Cl)cc1)N1CCNCC1.Cl.Cl. The van der Waals surface area contributed by atoms with Crippen molar-refractivity contribution in [3.8, 4) is 0 Å². The van der Waals surface area contributed by atoms with Crippen LogP contribution in [-0.4, -0.2) is 31.1 Å². The Hall–Kier alpha value is -0.680. The Morgan fingerprint density at radius 2 is 1.74 bits per heavy atom. The second-order valence-electron chi connectivity index (χ2n) is 6.26. The second-order valence-corrected chi connectivity index (χ2v) is 7.81. The average Bonchev–Trinajstić information content (AvgIpc) is 2.66. The Balaban J connectivity index is 0.00000182. The van der Waals surface area contributed by atoms with Crippen molar-refractivity contribution in [3.63, 3.8) is 0 Å². The van der Waals surface area contributed by atoms with Gasteiger partial charge in [-0.05, 0) is 48.7 Å². The van der Waals surface area contributed by atoms with Gasteiger partial charge < -0.3 is 5.32 Å². The van der Waals surface area contributed by atoms with Gasteiger partial charge in [0.05, 0.1) is 0 Å². The highest BCUT2D eigenvalue weighted by atomic mass is 35.5. The third-order valence-corrected chi connectivity index (χ3v) is 5.91. The molecule has 0 bridgehead atoms. The molecule has 148 valence electrons. The fraction of sp³-hybridized carbons (Fsp3) is 0.333. The van der Waals surface area contributed by atoms with Gasteiger partial charge in [-0.15, -0.1) is 31.4 Å². The lowest BCUT2D eigenvalue weighted by atomic mass is 9.99. The normalized spacial score (nSPS) is 15.3. The molecule has 0 aromatic heterocycles. The fourth-order valence-corrected chi connectivity index (χ4v) is 4.40. The van der Waals surface area contributed by atoms with E-state index in [4.69, 9.17) is 11.6 Å². The molecule has 0 aliphatic carbocycles. The van der Waals surface area contributed by atoms with E-state index < -0.39 is 0 Å². The quantitative estimate of drug-likeness (QED) is 0.507. The molecule has 1 aliphatic rings. The number of halogens is 3. The number of hydrogen-bond donors (Lipinski definition) is 1. The van der Waals surface area contributed by atoms with Crippen LogP contribution in [0.3, 0.4) is 0 Å². The fourth-order valence-electron chi connectivity index (χ4n) is 3.28. The van der Waals surface area contributed by atoms with Gasteiger partial charge in [-0.2, -0.15) is 0 Å². The van der Waals surface area contributed by atoms with E-state index in [0.717, 1.165) is 44.0 Å². The molecule has 1 atom stereocenters. The number of piperazine rings is 1. The molecule has 1 N–H and O–H groups in total. The van der Waals surface area contributed by atoms with Gasteiger partial charge in [0.1, 0.15) is 0 Å². The first-order chi connectivity index (χ1) is 12.3. The van der Waals surface area contributed by atoms with Crippen LogP contribution < -0.4 is 5.32 Å². The smallest absolute Gasteiger partial charge is 0.0406 e. The molecule has 1 fully saturated rings. The predicted octanol–water partition coefficient (Wildman–Crippen LogP) is 6.25. The molecular weight excluding hydrogens is 419 g/mol. The summed E-state index contributed by atoms with van der Waals surface area (Å²) < 4.78 is 0. The molecule has 0 spiro atoms. The Labute approximate surface area is 184 Å². The van der Waals surface area contributed by atoms with Crippen molar-refractivity contribution < 1.29 is 0 Å². The van der Waals surface area contributed by atoms with E-state index >= 15 is 0 Å². The molecule has 0 amide bonds. The number of benzene rings is 2. The van der Waals surface area contributed by atoms with E-state index in [-0.39, 0.29) is 24.8 Å². The molecular formula is C21H27Cl3N2S. The standard InChI is InChI=1S/C21H25ClN2S.2ClH/c1-2-3-7-20(24-15-13-23-14-16-24)19-6-4-5-8-21(19)25-18-11-9-17(22)10-12-18;;/h2,4-6,8-12,20,23H,1,3,7,13-16H2;2*1H/t20-;;/m0../s1. The van der Waals surface area contributed by atoms with Crippen LogP contribution >= 0.6 is 48.2 Å². The molecule has 1 saturated heterocycles. The third kappa shape index (κ3) is 7.01. The largest absolute Gasteiger partial charge is 0.314 e. The van der Waals surface area contributed by atoms with E-state index in [2.05, 4.69) is 53.2 Å². The zero-order chi connectivity index (χ0) is 17.5. The van der Waals surface area contributed by atoms with Gasteiger partial charge in [-0.3, -0.25) is 4.90 Å². The van der Waals surface area contributed by atoms with Crippen molar-refractivity contribution in [2.24, 2.45) is 0 Å². The van der Waals surface area contributed by atoms with Crippen molar-refractivity contribution in [3.05, 3.63) is 71.8 Å². The summed E-state index contributed by atoms with van der Waals surface area (Å²) in [5.74, 6) is 0. The molecule has 0 radical (unpaired) electrons. The minimum Gasteiger partial charge on any atom is -0.314 e. The minimum atomic E-state index is 0. The van der Waals surface area contributed by atoms with E-state index in [1.54, 1.807) is 0 Å². The van der Waals surface area contributed by atoms with Crippen molar-refractivity contribution in [2.45, 2.75) is 28.7 Å². The van der Waals surface area contributed by atoms with Gasteiger partial charge in [0, 0.05) is 47.0 Å².